The molecule has 0 bridgehead atoms. The van der Waals surface area contributed by atoms with E-state index in [1.54, 1.807) is 20.8 Å². The van der Waals surface area contributed by atoms with Crippen molar-refractivity contribution in [2.45, 2.75) is 26.2 Å². The number of carbonyl (C=O) groups is 2. The molecule has 0 heterocycles. The van der Waals surface area contributed by atoms with E-state index in [0.717, 1.165) is 7.11 Å². The Morgan fingerprint density at radius 1 is 1.44 bits per heavy atom. The number of rotatable bonds is 2. The van der Waals surface area contributed by atoms with Gasteiger partial charge in [0.25, 0.3) is 0 Å². The molecule has 4 nitrogen and oxygen atoms in total. The molecule has 0 saturated heterocycles. The number of ether oxygens (including phenoxy) is 1. The summed E-state index contributed by atoms with van der Waals surface area (Å²) >= 11 is 0. The molecule has 0 saturated carbocycles. The topological polar surface area (TPSA) is 63.6 Å². The van der Waals surface area contributed by atoms with Gasteiger partial charge in [0.05, 0.1) is 12.7 Å². The monoisotopic (exact) mass is 254 g/mol. The lowest BCUT2D eigenvalue weighted by Gasteiger charge is -2.22. The predicted molar refractivity (Wildman–Crippen MR) is 63.5 cm³/mol. The number of esters is 1. The normalized spacial score (nSPS) is 11.2. The van der Waals surface area contributed by atoms with Crippen LogP contribution in [0.25, 0.3) is 0 Å². The van der Waals surface area contributed by atoms with Crippen LogP contribution in [0.3, 0.4) is 0 Å². The SMILES string of the molecule is COC(=O)c1c(O)c(C=O)cc(C(C)(C)C)c1F. The summed E-state index contributed by atoms with van der Waals surface area (Å²) in [6, 6.07) is 1.24. The summed E-state index contributed by atoms with van der Waals surface area (Å²) in [6.45, 7) is 5.20. The largest absolute Gasteiger partial charge is 0.506 e. The smallest absolute Gasteiger partial charge is 0.344 e. The molecule has 1 N–H and O–H groups in total. The fraction of sp³-hybridized carbons (Fsp3) is 0.385. The number of aldehydes is 1. The number of methoxy groups -OCH3 is 1. The predicted octanol–water partition coefficient (Wildman–Crippen LogP) is 2.43. The van der Waals surface area contributed by atoms with Crippen LogP contribution in [0.1, 0.15) is 47.1 Å². The number of hydrogen-bond acceptors (Lipinski definition) is 4. The van der Waals surface area contributed by atoms with E-state index in [9.17, 15) is 19.1 Å². The average molecular weight is 254 g/mol. The fourth-order valence-corrected chi connectivity index (χ4v) is 1.59. The fourth-order valence-electron chi connectivity index (χ4n) is 1.59. The van der Waals surface area contributed by atoms with Crippen LogP contribution < -0.4 is 0 Å². The van der Waals surface area contributed by atoms with E-state index in [4.69, 9.17) is 0 Å². The van der Waals surface area contributed by atoms with Crippen LogP contribution in [0.15, 0.2) is 6.07 Å². The van der Waals surface area contributed by atoms with Crippen LogP contribution in [0, 0.1) is 5.82 Å². The van der Waals surface area contributed by atoms with Crippen molar-refractivity contribution in [1.82, 2.24) is 0 Å². The number of aromatic hydroxyl groups is 1. The van der Waals surface area contributed by atoms with E-state index in [1.807, 2.05) is 0 Å². The number of carbonyl (C=O) groups excluding carboxylic acids is 2. The minimum atomic E-state index is -1.01. The summed E-state index contributed by atoms with van der Waals surface area (Å²) in [5.41, 5.74) is -1.19. The zero-order chi connectivity index (χ0) is 14.1. The summed E-state index contributed by atoms with van der Waals surface area (Å²) in [6.07, 6.45) is 0.371. The zero-order valence-corrected chi connectivity index (χ0v) is 10.7. The van der Waals surface area contributed by atoms with Gasteiger partial charge in [-0.3, -0.25) is 4.79 Å². The first kappa shape index (κ1) is 14.2. The van der Waals surface area contributed by atoms with Gasteiger partial charge in [0, 0.05) is 0 Å². The molecule has 0 aliphatic carbocycles. The molecule has 0 unspecified atom stereocenters. The lowest BCUT2D eigenvalue weighted by molar-refractivity contribution is 0.0591. The van der Waals surface area contributed by atoms with Gasteiger partial charge < -0.3 is 9.84 Å². The third-order valence-electron chi connectivity index (χ3n) is 2.59. The van der Waals surface area contributed by atoms with E-state index in [1.165, 1.54) is 6.07 Å². The first-order valence-electron chi connectivity index (χ1n) is 5.33. The molecule has 5 heteroatoms. The highest BCUT2D eigenvalue weighted by Gasteiger charge is 2.28. The van der Waals surface area contributed by atoms with Gasteiger partial charge in [-0.05, 0) is 17.0 Å². The summed E-state index contributed by atoms with van der Waals surface area (Å²) in [5.74, 6) is -2.57. The van der Waals surface area contributed by atoms with Crippen molar-refractivity contribution in [2.24, 2.45) is 0 Å². The van der Waals surface area contributed by atoms with Gasteiger partial charge in [0.1, 0.15) is 17.1 Å². The molecule has 1 rings (SSSR count). The number of hydrogen-bond donors (Lipinski definition) is 1. The van der Waals surface area contributed by atoms with Gasteiger partial charge in [-0.2, -0.15) is 0 Å². The van der Waals surface area contributed by atoms with Crippen molar-refractivity contribution >= 4 is 12.3 Å². The van der Waals surface area contributed by atoms with E-state index < -0.39 is 28.5 Å². The van der Waals surface area contributed by atoms with Crippen molar-refractivity contribution in [1.29, 1.82) is 0 Å². The third-order valence-corrected chi connectivity index (χ3v) is 2.59. The van der Waals surface area contributed by atoms with Gasteiger partial charge in [0.2, 0.25) is 0 Å². The van der Waals surface area contributed by atoms with E-state index in [0.29, 0.717) is 6.29 Å². The number of benzene rings is 1. The molecule has 0 radical (unpaired) electrons. The maximum absolute atomic E-state index is 14.2. The highest BCUT2D eigenvalue weighted by atomic mass is 19.1. The van der Waals surface area contributed by atoms with Gasteiger partial charge in [-0.1, -0.05) is 20.8 Å². The van der Waals surface area contributed by atoms with Crippen molar-refractivity contribution in [3.8, 4) is 5.75 Å². The summed E-state index contributed by atoms with van der Waals surface area (Å²) < 4.78 is 18.6. The molecule has 0 aromatic heterocycles. The van der Waals surface area contributed by atoms with E-state index in [-0.39, 0.29) is 11.1 Å². The number of phenols is 1. The summed E-state index contributed by atoms with van der Waals surface area (Å²) in [5, 5.41) is 9.69. The molecule has 0 atom stereocenters. The van der Waals surface area contributed by atoms with Gasteiger partial charge in [0.15, 0.2) is 6.29 Å². The van der Waals surface area contributed by atoms with Crippen LogP contribution in [-0.4, -0.2) is 24.5 Å². The van der Waals surface area contributed by atoms with E-state index in [2.05, 4.69) is 4.74 Å². The number of phenolic OH excluding ortho intramolecular Hbond substituents is 1. The molecule has 0 amide bonds. The van der Waals surface area contributed by atoms with Crippen LogP contribution in [0.2, 0.25) is 0 Å². The highest BCUT2D eigenvalue weighted by molar-refractivity contribution is 5.96. The summed E-state index contributed by atoms with van der Waals surface area (Å²) in [4.78, 5) is 22.3. The molecule has 0 aliphatic heterocycles. The van der Waals surface area contributed by atoms with Crippen molar-refractivity contribution in [3.05, 3.63) is 28.6 Å². The van der Waals surface area contributed by atoms with Gasteiger partial charge in [-0.25, -0.2) is 9.18 Å². The van der Waals surface area contributed by atoms with Crippen molar-refractivity contribution in [2.75, 3.05) is 7.11 Å². The molecule has 0 spiro atoms. The molecule has 98 valence electrons. The Hall–Kier alpha value is -1.91. The third kappa shape index (κ3) is 2.34. The van der Waals surface area contributed by atoms with Crippen LogP contribution in [-0.2, 0) is 10.2 Å². The Kier molecular flexibility index (Phi) is 3.74. The van der Waals surface area contributed by atoms with Crippen molar-refractivity contribution < 1.29 is 23.8 Å². The van der Waals surface area contributed by atoms with Crippen molar-refractivity contribution in [3.63, 3.8) is 0 Å². The first-order valence-corrected chi connectivity index (χ1v) is 5.33. The Labute approximate surface area is 104 Å². The Morgan fingerprint density at radius 2 is 2.00 bits per heavy atom. The lowest BCUT2D eigenvalue weighted by atomic mass is 9.84. The lowest BCUT2D eigenvalue weighted by Crippen LogP contribution is -2.18. The molecular formula is C13H15FO4. The van der Waals surface area contributed by atoms with Gasteiger partial charge in [-0.15, -0.1) is 0 Å². The minimum Gasteiger partial charge on any atom is -0.506 e. The molecule has 1 aromatic carbocycles. The van der Waals surface area contributed by atoms with E-state index >= 15 is 0 Å². The van der Waals surface area contributed by atoms with Crippen LogP contribution in [0.5, 0.6) is 5.75 Å². The average Bonchev–Trinajstić information content (AvgIpc) is 2.27. The maximum Gasteiger partial charge on any atom is 0.344 e. The second-order valence-corrected chi connectivity index (χ2v) is 4.91. The van der Waals surface area contributed by atoms with Crippen LogP contribution >= 0.6 is 0 Å². The molecule has 18 heavy (non-hydrogen) atoms. The quantitative estimate of drug-likeness (QED) is 0.650. The highest BCUT2D eigenvalue weighted by Crippen LogP contribution is 2.34. The molecule has 0 aliphatic rings. The molecule has 1 aromatic rings. The second kappa shape index (κ2) is 4.76. The van der Waals surface area contributed by atoms with Crippen LogP contribution in [0.4, 0.5) is 4.39 Å². The minimum absolute atomic E-state index is 0.137. The zero-order valence-electron chi connectivity index (χ0n) is 10.7. The first-order chi connectivity index (χ1) is 8.23. The maximum atomic E-state index is 14.2. The summed E-state index contributed by atoms with van der Waals surface area (Å²) in [7, 11) is 1.07. The Bertz CT molecular complexity index is 501. The Morgan fingerprint density at radius 3 is 2.39 bits per heavy atom. The Balaban J connectivity index is 3.69. The van der Waals surface area contributed by atoms with Gasteiger partial charge >= 0.3 is 5.97 Å². The number of halogens is 1. The standard InChI is InChI=1S/C13H15FO4/c1-13(2,3)8-5-7(6-15)11(16)9(10(8)14)12(17)18-4/h5-6,16H,1-4H3. The molecular weight excluding hydrogens is 239 g/mol. The molecule has 0 fully saturated rings. The second-order valence-electron chi connectivity index (χ2n) is 4.91.